The summed E-state index contributed by atoms with van der Waals surface area (Å²) in [6.45, 7) is 7.29. The van der Waals surface area contributed by atoms with Gasteiger partial charge in [0.1, 0.15) is 0 Å². The number of hydrogen-bond acceptors (Lipinski definition) is 4. The third-order valence-electron chi connectivity index (χ3n) is 2.86. The van der Waals surface area contributed by atoms with Crippen molar-refractivity contribution in [1.82, 2.24) is 21.1 Å². The molecule has 0 aromatic rings. The molecule has 1 unspecified atom stereocenters. The molecule has 1 aliphatic rings. The van der Waals surface area contributed by atoms with Crippen LogP contribution in [0.3, 0.4) is 0 Å². The van der Waals surface area contributed by atoms with Gasteiger partial charge in [-0.3, -0.25) is 15.8 Å². The largest absolute Gasteiger partial charge is 0.304 e. The molecule has 0 radical (unpaired) electrons. The highest BCUT2D eigenvalue weighted by molar-refractivity contribution is 4.67. The molecular formula is C11H25FN4. The van der Waals surface area contributed by atoms with Gasteiger partial charge in [-0.05, 0) is 33.2 Å². The first-order valence-corrected chi connectivity index (χ1v) is 6.28. The molecule has 0 bridgehead atoms. The molecule has 0 amide bonds. The van der Waals surface area contributed by atoms with Gasteiger partial charge in [0.2, 0.25) is 0 Å². The first-order chi connectivity index (χ1) is 7.72. The van der Waals surface area contributed by atoms with Crippen LogP contribution < -0.4 is 16.2 Å². The van der Waals surface area contributed by atoms with E-state index < -0.39 is 6.30 Å². The van der Waals surface area contributed by atoms with Crippen molar-refractivity contribution in [2.75, 3.05) is 26.3 Å². The molecule has 0 spiro atoms. The summed E-state index contributed by atoms with van der Waals surface area (Å²) < 4.78 is 13.9. The molecule has 5 heteroatoms. The zero-order valence-electron chi connectivity index (χ0n) is 10.4. The molecule has 0 aliphatic carbocycles. The fourth-order valence-corrected chi connectivity index (χ4v) is 1.81. The average Bonchev–Trinajstić information content (AvgIpc) is 2.22. The quantitative estimate of drug-likeness (QED) is 0.585. The second-order valence-corrected chi connectivity index (χ2v) is 4.55. The molecule has 0 aromatic heterocycles. The zero-order chi connectivity index (χ0) is 11.8. The minimum Gasteiger partial charge on any atom is -0.304 e. The predicted molar refractivity (Wildman–Crippen MR) is 64.6 cm³/mol. The fraction of sp³-hybridized carbons (Fsp3) is 1.00. The first kappa shape index (κ1) is 13.8. The van der Waals surface area contributed by atoms with E-state index in [0.717, 1.165) is 25.9 Å². The van der Waals surface area contributed by atoms with Gasteiger partial charge in [0.15, 0.2) is 6.30 Å². The predicted octanol–water partition coefficient (Wildman–Crippen LogP) is 0.818. The van der Waals surface area contributed by atoms with Crippen molar-refractivity contribution in [2.45, 2.75) is 45.4 Å². The third-order valence-corrected chi connectivity index (χ3v) is 2.86. The zero-order valence-corrected chi connectivity index (χ0v) is 10.4. The second-order valence-electron chi connectivity index (χ2n) is 4.55. The van der Waals surface area contributed by atoms with E-state index in [1.54, 1.807) is 0 Å². The summed E-state index contributed by atoms with van der Waals surface area (Å²) >= 11 is 0. The lowest BCUT2D eigenvalue weighted by Gasteiger charge is -2.30. The molecule has 0 saturated carbocycles. The Kier molecular flexibility index (Phi) is 6.87. The second kappa shape index (κ2) is 7.95. The van der Waals surface area contributed by atoms with Gasteiger partial charge in [-0.2, -0.15) is 0 Å². The number of hydrogen-bond donors (Lipinski definition) is 3. The van der Waals surface area contributed by atoms with Crippen LogP contribution in [0, 0.1) is 0 Å². The number of nitrogens with zero attached hydrogens (tertiary/aromatic N) is 1. The summed E-state index contributed by atoms with van der Waals surface area (Å²) in [4.78, 5) is 1.86. The van der Waals surface area contributed by atoms with Crippen LogP contribution >= 0.6 is 0 Å². The maximum absolute atomic E-state index is 13.9. The molecular weight excluding hydrogens is 207 g/mol. The Morgan fingerprint density at radius 2 is 1.81 bits per heavy atom. The molecule has 1 rings (SSSR count). The van der Waals surface area contributed by atoms with E-state index in [-0.39, 0.29) is 6.04 Å². The molecule has 1 atom stereocenters. The standard InChI is InChI=1S/C11H25FN4/c1-10(2)16-9-13-6-3-4-7-14-15-8-5-11(16)12/h10-11,13-15H,3-9H2,1-2H3. The Hall–Kier alpha value is -0.230. The van der Waals surface area contributed by atoms with Gasteiger partial charge < -0.3 is 5.32 Å². The lowest BCUT2D eigenvalue weighted by molar-refractivity contribution is 0.0388. The van der Waals surface area contributed by atoms with Gasteiger partial charge in [-0.15, -0.1) is 0 Å². The van der Waals surface area contributed by atoms with Gasteiger partial charge in [-0.25, -0.2) is 4.39 Å². The maximum Gasteiger partial charge on any atom is 0.156 e. The highest BCUT2D eigenvalue weighted by Gasteiger charge is 2.19. The Morgan fingerprint density at radius 3 is 2.56 bits per heavy atom. The number of halogens is 1. The van der Waals surface area contributed by atoms with E-state index in [0.29, 0.717) is 19.6 Å². The van der Waals surface area contributed by atoms with Crippen molar-refractivity contribution in [1.29, 1.82) is 0 Å². The minimum absolute atomic E-state index is 0.235. The summed E-state index contributed by atoms with van der Waals surface area (Å²) in [6.07, 6.45) is 1.91. The van der Waals surface area contributed by atoms with E-state index in [4.69, 9.17) is 0 Å². The summed E-state index contributed by atoms with van der Waals surface area (Å²) in [5, 5.41) is 3.30. The topological polar surface area (TPSA) is 39.3 Å². The summed E-state index contributed by atoms with van der Waals surface area (Å²) in [6, 6.07) is 0.235. The number of rotatable bonds is 1. The normalized spacial score (nSPS) is 27.4. The van der Waals surface area contributed by atoms with Crippen LogP contribution in [0.25, 0.3) is 0 Å². The van der Waals surface area contributed by atoms with Gasteiger partial charge in [0.25, 0.3) is 0 Å². The van der Waals surface area contributed by atoms with Crippen LogP contribution in [0.4, 0.5) is 4.39 Å². The Balaban J connectivity index is 2.40. The van der Waals surface area contributed by atoms with Gasteiger partial charge in [0, 0.05) is 25.6 Å². The molecule has 0 aromatic carbocycles. The molecule has 1 saturated heterocycles. The van der Waals surface area contributed by atoms with Crippen LogP contribution in [-0.4, -0.2) is 43.5 Å². The van der Waals surface area contributed by atoms with Gasteiger partial charge >= 0.3 is 0 Å². The van der Waals surface area contributed by atoms with Crippen molar-refractivity contribution in [2.24, 2.45) is 0 Å². The van der Waals surface area contributed by atoms with Crippen LogP contribution in [-0.2, 0) is 0 Å². The van der Waals surface area contributed by atoms with Crippen LogP contribution in [0.1, 0.15) is 33.1 Å². The monoisotopic (exact) mass is 232 g/mol. The molecule has 3 N–H and O–H groups in total. The molecule has 4 nitrogen and oxygen atoms in total. The maximum atomic E-state index is 13.9. The summed E-state index contributed by atoms with van der Waals surface area (Å²) in [5.41, 5.74) is 6.16. The molecule has 16 heavy (non-hydrogen) atoms. The van der Waals surface area contributed by atoms with E-state index in [1.165, 1.54) is 0 Å². The SMILES string of the molecule is CC(C)N1CNCCCCNNCCC1F. The third kappa shape index (κ3) is 5.21. The molecule has 1 aliphatic heterocycles. The Morgan fingerprint density at radius 1 is 1.12 bits per heavy atom. The lowest BCUT2D eigenvalue weighted by Crippen LogP contribution is -2.46. The first-order valence-electron chi connectivity index (χ1n) is 6.28. The highest BCUT2D eigenvalue weighted by Crippen LogP contribution is 2.09. The van der Waals surface area contributed by atoms with E-state index >= 15 is 0 Å². The molecule has 1 fully saturated rings. The summed E-state index contributed by atoms with van der Waals surface area (Å²) in [5.74, 6) is 0. The van der Waals surface area contributed by atoms with E-state index in [9.17, 15) is 4.39 Å². The average molecular weight is 232 g/mol. The Bertz CT molecular complexity index is 177. The van der Waals surface area contributed by atoms with E-state index in [2.05, 4.69) is 16.2 Å². The smallest absolute Gasteiger partial charge is 0.156 e. The van der Waals surface area contributed by atoms with E-state index in [1.807, 2.05) is 18.7 Å². The van der Waals surface area contributed by atoms with Crippen molar-refractivity contribution >= 4 is 0 Å². The minimum atomic E-state index is -0.874. The van der Waals surface area contributed by atoms with Crippen molar-refractivity contribution in [3.8, 4) is 0 Å². The molecule has 96 valence electrons. The van der Waals surface area contributed by atoms with Crippen molar-refractivity contribution < 1.29 is 4.39 Å². The van der Waals surface area contributed by atoms with Gasteiger partial charge in [-0.1, -0.05) is 0 Å². The van der Waals surface area contributed by atoms with Gasteiger partial charge in [0.05, 0.1) is 6.67 Å². The number of hydrazine groups is 1. The highest BCUT2D eigenvalue weighted by atomic mass is 19.1. The fourth-order valence-electron chi connectivity index (χ4n) is 1.81. The summed E-state index contributed by atoms with van der Waals surface area (Å²) in [7, 11) is 0. The van der Waals surface area contributed by atoms with Crippen molar-refractivity contribution in [3.63, 3.8) is 0 Å². The Labute approximate surface area is 97.9 Å². The lowest BCUT2D eigenvalue weighted by atomic mass is 10.2. The number of nitrogens with one attached hydrogen (secondary N) is 3. The van der Waals surface area contributed by atoms with Crippen molar-refractivity contribution in [3.05, 3.63) is 0 Å². The number of alkyl halides is 1. The van der Waals surface area contributed by atoms with Crippen LogP contribution in [0.5, 0.6) is 0 Å². The van der Waals surface area contributed by atoms with Crippen LogP contribution in [0.2, 0.25) is 0 Å². The molecule has 1 heterocycles. The van der Waals surface area contributed by atoms with Crippen LogP contribution in [0.15, 0.2) is 0 Å².